The Morgan fingerprint density at radius 2 is 2.00 bits per heavy atom. The second kappa shape index (κ2) is 5.12. The van der Waals surface area contributed by atoms with Gasteiger partial charge in [-0.2, -0.15) is 0 Å². The summed E-state index contributed by atoms with van der Waals surface area (Å²) in [5.41, 5.74) is 1.95. The first-order valence-corrected chi connectivity index (χ1v) is 5.34. The van der Waals surface area contributed by atoms with Crippen LogP contribution < -0.4 is 0 Å². The van der Waals surface area contributed by atoms with Crippen LogP contribution in [0.25, 0.3) is 0 Å². The van der Waals surface area contributed by atoms with E-state index in [9.17, 15) is 9.59 Å². The number of benzene rings is 1. The number of alkyl halides is 1. The Morgan fingerprint density at radius 3 is 2.50 bits per heavy atom. The molecular formula is C12H13ClO3. The molecule has 0 aromatic heterocycles. The summed E-state index contributed by atoms with van der Waals surface area (Å²) in [6.45, 7) is 3.42. The van der Waals surface area contributed by atoms with Crippen molar-refractivity contribution in [2.75, 3.05) is 0 Å². The Balaban J connectivity index is 3.07. The Labute approximate surface area is 99.0 Å². The Kier molecular flexibility index (Phi) is 4.07. The number of hydrogen-bond acceptors (Lipinski definition) is 2. The van der Waals surface area contributed by atoms with Crippen molar-refractivity contribution in [3.05, 3.63) is 34.9 Å². The standard InChI is InChI=1S/C12H13ClO3/c1-7-3-9(6-11(14)15)5-10(4-7)12(16)8(2)13/h3-5,8H,6H2,1-2H3,(H,14,15). The van der Waals surface area contributed by atoms with Gasteiger partial charge in [0.1, 0.15) is 0 Å². The quantitative estimate of drug-likeness (QED) is 0.650. The van der Waals surface area contributed by atoms with E-state index in [1.54, 1.807) is 25.1 Å². The van der Waals surface area contributed by atoms with Gasteiger partial charge in [-0.05, 0) is 31.5 Å². The molecule has 1 rings (SSSR count). The minimum absolute atomic E-state index is 0.0847. The first kappa shape index (κ1) is 12.7. The van der Waals surface area contributed by atoms with Crippen LogP contribution in [0.4, 0.5) is 0 Å². The van der Waals surface area contributed by atoms with E-state index in [0.29, 0.717) is 11.1 Å². The first-order chi connectivity index (χ1) is 7.40. The van der Waals surface area contributed by atoms with E-state index in [4.69, 9.17) is 16.7 Å². The summed E-state index contributed by atoms with van der Waals surface area (Å²) in [5, 5.41) is 8.09. The fourth-order valence-corrected chi connectivity index (χ4v) is 1.64. The van der Waals surface area contributed by atoms with Gasteiger partial charge in [0.05, 0.1) is 11.8 Å². The number of aryl methyl sites for hydroxylation is 1. The number of aliphatic carboxylic acids is 1. The monoisotopic (exact) mass is 240 g/mol. The van der Waals surface area contributed by atoms with Crippen molar-refractivity contribution in [3.8, 4) is 0 Å². The highest BCUT2D eigenvalue weighted by atomic mass is 35.5. The summed E-state index contributed by atoms with van der Waals surface area (Å²) in [6.07, 6.45) is -0.0847. The molecule has 0 bridgehead atoms. The third kappa shape index (κ3) is 3.35. The van der Waals surface area contributed by atoms with Crippen LogP contribution in [0.15, 0.2) is 18.2 Å². The molecule has 0 spiro atoms. The summed E-state index contributed by atoms with van der Waals surface area (Å²) in [6, 6.07) is 5.05. The van der Waals surface area contributed by atoms with Crippen LogP contribution in [0.1, 0.15) is 28.4 Å². The summed E-state index contributed by atoms with van der Waals surface area (Å²) >= 11 is 5.71. The van der Waals surface area contributed by atoms with Crippen molar-refractivity contribution in [2.45, 2.75) is 25.6 Å². The molecule has 0 radical (unpaired) electrons. The lowest BCUT2D eigenvalue weighted by Gasteiger charge is -2.06. The number of Topliss-reactive ketones (excluding diaryl/α,β-unsaturated/α-hetero) is 1. The van der Waals surface area contributed by atoms with Gasteiger partial charge in [0.15, 0.2) is 5.78 Å². The van der Waals surface area contributed by atoms with Gasteiger partial charge < -0.3 is 5.11 Å². The molecule has 4 heteroatoms. The molecule has 16 heavy (non-hydrogen) atoms. The highest BCUT2D eigenvalue weighted by Gasteiger charge is 2.14. The smallest absolute Gasteiger partial charge is 0.307 e. The van der Waals surface area contributed by atoms with Crippen LogP contribution in [0, 0.1) is 6.92 Å². The van der Waals surface area contributed by atoms with Crippen LogP contribution in [0.5, 0.6) is 0 Å². The van der Waals surface area contributed by atoms with Crippen molar-refractivity contribution in [1.29, 1.82) is 0 Å². The van der Waals surface area contributed by atoms with Gasteiger partial charge in [-0.1, -0.05) is 11.6 Å². The normalized spacial score (nSPS) is 12.2. The van der Waals surface area contributed by atoms with E-state index in [-0.39, 0.29) is 12.2 Å². The second-order valence-corrected chi connectivity index (χ2v) is 4.41. The van der Waals surface area contributed by atoms with Gasteiger partial charge in [0, 0.05) is 5.56 Å². The van der Waals surface area contributed by atoms with Gasteiger partial charge in [-0.3, -0.25) is 9.59 Å². The number of rotatable bonds is 4. The molecule has 1 N–H and O–H groups in total. The zero-order chi connectivity index (χ0) is 12.3. The van der Waals surface area contributed by atoms with E-state index in [2.05, 4.69) is 0 Å². The second-order valence-electron chi connectivity index (χ2n) is 3.76. The highest BCUT2D eigenvalue weighted by molar-refractivity contribution is 6.33. The maximum Gasteiger partial charge on any atom is 0.307 e. The van der Waals surface area contributed by atoms with E-state index < -0.39 is 11.3 Å². The fourth-order valence-electron chi connectivity index (χ4n) is 1.51. The van der Waals surface area contributed by atoms with E-state index in [0.717, 1.165) is 5.56 Å². The number of carbonyl (C=O) groups is 2. The first-order valence-electron chi connectivity index (χ1n) is 4.91. The van der Waals surface area contributed by atoms with Crippen LogP contribution >= 0.6 is 11.6 Å². The van der Waals surface area contributed by atoms with Crippen LogP contribution in [-0.4, -0.2) is 22.2 Å². The molecule has 3 nitrogen and oxygen atoms in total. The van der Waals surface area contributed by atoms with Gasteiger partial charge in [0.25, 0.3) is 0 Å². The van der Waals surface area contributed by atoms with Crippen LogP contribution in [0.3, 0.4) is 0 Å². The number of carbonyl (C=O) groups excluding carboxylic acids is 1. The number of hydrogen-bond donors (Lipinski definition) is 1. The van der Waals surface area contributed by atoms with E-state index >= 15 is 0 Å². The fraction of sp³-hybridized carbons (Fsp3) is 0.333. The van der Waals surface area contributed by atoms with Gasteiger partial charge in [-0.25, -0.2) is 0 Å². The lowest BCUT2D eigenvalue weighted by Crippen LogP contribution is -2.11. The maximum absolute atomic E-state index is 11.7. The molecule has 1 unspecified atom stereocenters. The Morgan fingerprint density at radius 1 is 1.38 bits per heavy atom. The van der Waals surface area contributed by atoms with Crippen molar-refractivity contribution in [3.63, 3.8) is 0 Å². The molecular weight excluding hydrogens is 228 g/mol. The summed E-state index contributed by atoms with van der Waals surface area (Å²) in [5.74, 6) is -1.10. The molecule has 0 fully saturated rings. The van der Waals surface area contributed by atoms with E-state index in [1.165, 1.54) is 0 Å². The SMILES string of the molecule is Cc1cc(CC(=O)O)cc(C(=O)C(C)Cl)c1. The number of carboxylic acids is 1. The lowest BCUT2D eigenvalue weighted by atomic mass is 10.0. The molecule has 0 amide bonds. The third-order valence-electron chi connectivity index (χ3n) is 2.14. The molecule has 0 aliphatic heterocycles. The molecule has 0 aliphatic carbocycles. The minimum atomic E-state index is -0.914. The molecule has 1 aromatic rings. The van der Waals surface area contributed by atoms with Crippen LogP contribution in [-0.2, 0) is 11.2 Å². The van der Waals surface area contributed by atoms with Crippen molar-refractivity contribution in [2.24, 2.45) is 0 Å². The Bertz CT molecular complexity index is 424. The molecule has 0 aliphatic rings. The van der Waals surface area contributed by atoms with Crippen LogP contribution in [0.2, 0.25) is 0 Å². The largest absolute Gasteiger partial charge is 0.481 e. The predicted octanol–water partition coefficient (Wildman–Crippen LogP) is 2.43. The zero-order valence-electron chi connectivity index (χ0n) is 9.16. The van der Waals surface area contributed by atoms with Gasteiger partial charge in [0.2, 0.25) is 0 Å². The lowest BCUT2D eigenvalue weighted by molar-refractivity contribution is -0.136. The van der Waals surface area contributed by atoms with Gasteiger partial charge in [-0.15, -0.1) is 11.6 Å². The average molecular weight is 241 g/mol. The van der Waals surface area contributed by atoms with Crippen molar-refractivity contribution >= 4 is 23.4 Å². The summed E-state index contributed by atoms with van der Waals surface area (Å²) in [4.78, 5) is 22.2. The van der Waals surface area contributed by atoms with Crippen molar-refractivity contribution < 1.29 is 14.7 Å². The molecule has 0 heterocycles. The predicted molar refractivity (Wildman–Crippen MR) is 62.2 cm³/mol. The third-order valence-corrected chi connectivity index (χ3v) is 2.34. The summed E-state index contributed by atoms with van der Waals surface area (Å²) in [7, 11) is 0. The molecule has 1 atom stereocenters. The summed E-state index contributed by atoms with van der Waals surface area (Å²) < 4.78 is 0. The zero-order valence-corrected chi connectivity index (χ0v) is 9.91. The topological polar surface area (TPSA) is 54.4 Å². The molecule has 86 valence electrons. The molecule has 0 saturated heterocycles. The van der Waals surface area contributed by atoms with Crippen molar-refractivity contribution in [1.82, 2.24) is 0 Å². The molecule has 1 aromatic carbocycles. The number of ketones is 1. The maximum atomic E-state index is 11.7. The molecule has 0 saturated carbocycles. The number of halogens is 1. The number of carboxylic acid groups (broad SMARTS) is 1. The van der Waals surface area contributed by atoms with Gasteiger partial charge >= 0.3 is 5.97 Å². The Hall–Kier alpha value is -1.35. The highest BCUT2D eigenvalue weighted by Crippen LogP contribution is 2.14. The minimum Gasteiger partial charge on any atom is -0.481 e. The van der Waals surface area contributed by atoms with E-state index in [1.807, 2.05) is 6.92 Å². The average Bonchev–Trinajstić information content (AvgIpc) is 2.14.